The second-order valence-corrected chi connectivity index (χ2v) is 6.14. The van der Waals surface area contributed by atoms with E-state index in [1.165, 1.54) is 5.56 Å². The van der Waals surface area contributed by atoms with Gasteiger partial charge in [-0.2, -0.15) is 0 Å². The number of thioether (sulfide) groups is 1. The van der Waals surface area contributed by atoms with Gasteiger partial charge in [0.15, 0.2) is 0 Å². The van der Waals surface area contributed by atoms with Crippen molar-refractivity contribution < 1.29 is 5.11 Å². The lowest BCUT2D eigenvalue weighted by atomic mass is 10.1. The first-order valence-corrected chi connectivity index (χ1v) is 7.65. The van der Waals surface area contributed by atoms with Gasteiger partial charge in [0.05, 0.1) is 11.1 Å². The van der Waals surface area contributed by atoms with Crippen molar-refractivity contribution in [1.29, 1.82) is 0 Å². The zero-order chi connectivity index (χ0) is 13.8. The maximum absolute atomic E-state index is 9.49. The van der Waals surface area contributed by atoms with Crippen LogP contribution in [0.4, 0.5) is 0 Å². The van der Waals surface area contributed by atoms with Crippen LogP contribution < -0.4 is 0 Å². The first-order chi connectivity index (χ1) is 9.06. The first-order valence-electron chi connectivity index (χ1n) is 5.91. The van der Waals surface area contributed by atoms with E-state index in [-0.39, 0.29) is 0 Å². The van der Waals surface area contributed by atoms with Crippen LogP contribution in [0.5, 0.6) is 0 Å². The summed E-state index contributed by atoms with van der Waals surface area (Å²) in [6.45, 7) is 1.73. The van der Waals surface area contributed by atoms with Gasteiger partial charge in [-0.3, -0.25) is 0 Å². The summed E-state index contributed by atoms with van der Waals surface area (Å²) in [5.74, 6) is 0.838. The molecule has 0 bridgehead atoms. The normalized spacial score (nSPS) is 12.4. The van der Waals surface area contributed by atoms with Crippen molar-refractivity contribution in [2.75, 3.05) is 0 Å². The highest BCUT2D eigenvalue weighted by atomic mass is 35.5. The topological polar surface area (TPSA) is 20.2 Å². The Morgan fingerprint density at radius 3 is 2.37 bits per heavy atom. The molecule has 2 rings (SSSR count). The van der Waals surface area contributed by atoms with Gasteiger partial charge >= 0.3 is 0 Å². The Morgan fingerprint density at radius 1 is 1.11 bits per heavy atom. The number of halogens is 2. The maximum Gasteiger partial charge on any atom is 0.0762 e. The van der Waals surface area contributed by atoms with Gasteiger partial charge in [0.25, 0.3) is 0 Å². The fourth-order valence-electron chi connectivity index (χ4n) is 1.64. The fourth-order valence-corrected chi connectivity index (χ4v) is 2.99. The molecular weight excluding hydrogens is 299 g/mol. The summed E-state index contributed by atoms with van der Waals surface area (Å²) in [5.41, 5.74) is 2.03. The molecule has 19 heavy (non-hydrogen) atoms. The maximum atomic E-state index is 9.49. The monoisotopic (exact) mass is 312 g/mol. The quantitative estimate of drug-likeness (QED) is 0.769. The van der Waals surface area contributed by atoms with Crippen molar-refractivity contribution >= 4 is 35.0 Å². The summed E-state index contributed by atoms with van der Waals surface area (Å²) < 4.78 is 0. The third-order valence-corrected chi connectivity index (χ3v) is 4.57. The molecule has 0 aromatic heterocycles. The Balaban J connectivity index is 2.05. The van der Waals surface area contributed by atoms with E-state index < -0.39 is 6.10 Å². The minimum absolute atomic E-state index is 0.493. The van der Waals surface area contributed by atoms with Gasteiger partial charge in [-0.25, -0.2) is 0 Å². The fraction of sp³-hybridized carbons (Fsp3) is 0.200. The molecule has 0 heterocycles. The van der Waals surface area contributed by atoms with E-state index in [4.69, 9.17) is 23.2 Å². The first kappa shape index (κ1) is 14.7. The van der Waals surface area contributed by atoms with Crippen LogP contribution in [-0.4, -0.2) is 5.11 Å². The predicted octanol–water partition coefficient (Wildman–Crippen LogP) is 5.34. The third-order valence-electron chi connectivity index (χ3n) is 2.75. The van der Waals surface area contributed by atoms with Crippen LogP contribution >= 0.6 is 35.0 Å². The number of hydrogen-bond donors (Lipinski definition) is 1. The van der Waals surface area contributed by atoms with Crippen molar-refractivity contribution in [3.8, 4) is 0 Å². The molecular formula is C15H14Cl2OS. The Hall–Kier alpha value is -0.670. The van der Waals surface area contributed by atoms with E-state index in [2.05, 4.69) is 0 Å². The van der Waals surface area contributed by atoms with Crippen LogP contribution in [0.15, 0.2) is 47.4 Å². The summed E-state index contributed by atoms with van der Waals surface area (Å²) in [6.07, 6.45) is -0.493. The number of aliphatic hydroxyl groups is 1. The summed E-state index contributed by atoms with van der Waals surface area (Å²) >= 11 is 13.7. The molecule has 0 saturated carbocycles. The molecule has 1 N–H and O–H groups in total. The molecule has 1 atom stereocenters. The van der Waals surface area contributed by atoms with Gasteiger partial charge in [-0.1, -0.05) is 41.4 Å². The molecule has 0 aliphatic carbocycles. The smallest absolute Gasteiger partial charge is 0.0762 e. The lowest BCUT2D eigenvalue weighted by Gasteiger charge is -2.09. The number of benzene rings is 2. The molecule has 0 aliphatic heterocycles. The highest BCUT2D eigenvalue weighted by Crippen LogP contribution is 2.32. The number of rotatable bonds is 4. The molecule has 2 aromatic rings. The van der Waals surface area contributed by atoms with E-state index in [9.17, 15) is 5.11 Å². The Kier molecular flexibility index (Phi) is 5.17. The minimum atomic E-state index is -0.493. The van der Waals surface area contributed by atoms with Crippen LogP contribution in [0.2, 0.25) is 10.0 Å². The molecule has 0 radical (unpaired) electrons. The van der Waals surface area contributed by atoms with Crippen molar-refractivity contribution in [3.63, 3.8) is 0 Å². The van der Waals surface area contributed by atoms with Crippen LogP contribution in [0, 0.1) is 0 Å². The second kappa shape index (κ2) is 6.67. The van der Waals surface area contributed by atoms with Gasteiger partial charge in [-0.15, -0.1) is 11.8 Å². The molecule has 4 heteroatoms. The molecule has 1 nitrogen and oxygen atoms in total. The Morgan fingerprint density at radius 2 is 1.79 bits per heavy atom. The van der Waals surface area contributed by atoms with E-state index in [1.807, 2.05) is 42.5 Å². The molecule has 0 unspecified atom stereocenters. The van der Waals surface area contributed by atoms with Crippen LogP contribution in [0.25, 0.3) is 0 Å². The molecule has 0 amide bonds. The van der Waals surface area contributed by atoms with Crippen LogP contribution in [0.1, 0.15) is 24.2 Å². The SMILES string of the molecule is C[C@H](O)c1ccc(SCc2ccc(Cl)cc2)c(Cl)c1. The molecule has 0 spiro atoms. The van der Waals surface area contributed by atoms with E-state index >= 15 is 0 Å². The zero-order valence-corrected chi connectivity index (χ0v) is 12.8. The van der Waals surface area contributed by atoms with Crippen LogP contribution in [0.3, 0.4) is 0 Å². The van der Waals surface area contributed by atoms with Gasteiger partial charge in [0.2, 0.25) is 0 Å². The molecule has 2 aromatic carbocycles. The van der Waals surface area contributed by atoms with Gasteiger partial charge in [0.1, 0.15) is 0 Å². The summed E-state index contributed by atoms with van der Waals surface area (Å²) in [4.78, 5) is 1.01. The van der Waals surface area contributed by atoms with Crippen molar-refractivity contribution in [2.45, 2.75) is 23.7 Å². The molecule has 0 saturated heterocycles. The van der Waals surface area contributed by atoms with E-state index in [1.54, 1.807) is 18.7 Å². The Bertz CT molecular complexity index is 553. The largest absolute Gasteiger partial charge is 0.389 e. The zero-order valence-electron chi connectivity index (χ0n) is 10.4. The van der Waals surface area contributed by atoms with E-state index in [0.717, 1.165) is 21.2 Å². The highest BCUT2D eigenvalue weighted by molar-refractivity contribution is 7.98. The predicted molar refractivity (Wildman–Crippen MR) is 83.1 cm³/mol. The standard InChI is InChI=1S/C15H14Cl2OS/c1-10(18)12-4-7-15(14(17)8-12)19-9-11-2-5-13(16)6-3-11/h2-8,10,18H,9H2,1H3/t10-/m0/s1. The molecule has 100 valence electrons. The van der Waals surface area contributed by atoms with Crippen molar-refractivity contribution in [1.82, 2.24) is 0 Å². The molecule has 0 fully saturated rings. The second-order valence-electron chi connectivity index (χ2n) is 4.28. The number of hydrogen-bond acceptors (Lipinski definition) is 2. The lowest BCUT2D eigenvalue weighted by molar-refractivity contribution is 0.199. The van der Waals surface area contributed by atoms with Gasteiger partial charge in [0, 0.05) is 15.7 Å². The average molecular weight is 313 g/mol. The average Bonchev–Trinajstić information content (AvgIpc) is 2.39. The number of aliphatic hydroxyl groups excluding tert-OH is 1. The van der Waals surface area contributed by atoms with Gasteiger partial charge in [-0.05, 0) is 42.3 Å². The third kappa shape index (κ3) is 4.15. The van der Waals surface area contributed by atoms with Crippen molar-refractivity contribution in [2.24, 2.45) is 0 Å². The Labute approximate surface area is 127 Å². The van der Waals surface area contributed by atoms with Gasteiger partial charge < -0.3 is 5.11 Å². The van der Waals surface area contributed by atoms with Crippen LogP contribution in [-0.2, 0) is 5.75 Å². The van der Waals surface area contributed by atoms with E-state index in [0.29, 0.717) is 5.02 Å². The highest BCUT2D eigenvalue weighted by Gasteiger charge is 2.06. The molecule has 0 aliphatic rings. The lowest BCUT2D eigenvalue weighted by Crippen LogP contribution is -1.91. The summed E-state index contributed by atoms with van der Waals surface area (Å²) in [6, 6.07) is 13.5. The minimum Gasteiger partial charge on any atom is -0.389 e. The summed E-state index contributed by atoms with van der Waals surface area (Å²) in [7, 11) is 0. The summed E-state index contributed by atoms with van der Waals surface area (Å²) in [5, 5.41) is 10.9. The van der Waals surface area contributed by atoms with Crippen molar-refractivity contribution in [3.05, 3.63) is 63.6 Å².